The zero-order valence-corrected chi connectivity index (χ0v) is 20.5. The Balaban J connectivity index is 1.27. The van der Waals surface area contributed by atoms with E-state index in [0.29, 0.717) is 18.9 Å². The van der Waals surface area contributed by atoms with Crippen LogP contribution in [-0.4, -0.2) is 63.3 Å². The third-order valence-corrected chi connectivity index (χ3v) is 5.84. The first-order valence-corrected chi connectivity index (χ1v) is 11.6. The molecule has 2 aromatic heterocycles. The molecule has 0 saturated heterocycles. The summed E-state index contributed by atoms with van der Waals surface area (Å²) in [6.07, 6.45) is 1.28. The summed E-state index contributed by atoms with van der Waals surface area (Å²) in [5.41, 5.74) is 2.05. The van der Waals surface area contributed by atoms with Crippen LogP contribution in [-0.2, 0) is 17.7 Å². The average molecular weight is 494 g/mol. The topological polar surface area (TPSA) is 135 Å². The number of rotatable bonds is 4. The van der Waals surface area contributed by atoms with E-state index < -0.39 is 17.6 Å². The maximum absolute atomic E-state index is 12.7. The highest BCUT2D eigenvalue weighted by atomic mass is 16.6. The fraction of sp³-hybridized carbons (Fsp3) is 0.375. The second kappa shape index (κ2) is 8.70. The molecule has 5 rings (SSSR count). The van der Waals surface area contributed by atoms with Crippen LogP contribution in [0.4, 0.5) is 28.1 Å². The summed E-state index contributed by atoms with van der Waals surface area (Å²) in [6.45, 7) is 7.27. The van der Waals surface area contributed by atoms with Crippen LogP contribution in [0.2, 0.25) is 0 Å². The molecule has 2 aliphatic rings. The van der Waals surface area contributed by atoms with Crippen molar-refractivity contribution in [2.45, 2.75) is 39.3 Å². The summed E-state index contributed by atoms with van der Waals surface area (Å²) in [6, 6.07) is 7.49. The van der Waals surface area contributed by atoms with Gasteiger partial charge in [-0.25, -0.2) is 19.8 Å². The second-order valence-electron chi connectivity index (χ2n) is 9.69. The van der Waals surface area contributed by atoms with Crippen molar-refractivity contribution < 1.29 is 23.5 Å². The van der Waals surface area contributed by atoms with Gasteiger partial charge in [0.15, 0.2) is 5.82 Å². The van der Waals surface area contributed by atoms with Crippen molar-refractivity contribution in [2.75, 3.05) is 35.7 Å². The normalized spacial score (nSPS) is 14.9. The van der Waals surface area contributed by atoms with Gasteiger partial charge in [0.2, 0.25) is 5.76 Å². The molecule has 0 unspecified atom stereocenters. The molecular weight excluding hydrogens is 466 g/mol. The van der Waals surface area contributed by atoms with Gasteiger partial charge in [-0.3, -0.25) is 9.59 Å². The average Bonchev–Trinajstić information content (AvgIpc) is 3.51. The minimum absolute atomic E-state index is 0.0381. The molecule has 12 nitrogen and oxygen atoms in total. The van der Waals surface area contributed by atoms with Gasteiger partial charge in [0.1, 0.15) is 11.4 Å². The number of nitrogens with one attached hydrogen (secondary N) is 2. The number of oxazole rings is 1. The quantitative estimate of drug-likeness (QED) is 0.566. The molecule has 0 aliphatic carbocycles. The Morgan fingerprint density at radius 3 is 2.69 bits per heavy atom. The van der Waals surface area contributed by atoms with Gasteiger partial charge in [0, 0.05) is 37.5 Å². The van der Waals surface area contributed by atoms with Crippen LogP contribution in [0, 0.1) is 0 Å². The molecule has 36 heavy (non-hydrogen) atoms. The molecule has 3 amide bonds. The lowest BCUT2D eigenvalue weighted by molar-refractivity contribution is 0.0630. The van der Waals surface area contributed by atoms with Crippen LogP contribution in [0.5, 0.6) is 0 Å². The summed E-state index contributed by atoms with van der Waals surface area (Å²) in [7, 11) is 1.81. The smallest absolute Gasteiger partial charge is 0.415 e. The molecule has 0 saturated carbocycles. The largest absolute Gasteiger partial charge is 0.443 e. The summed E-state index contributed by atoms with van der Waals surface area (Å²) in [4.78, 5) is 44.6. The Hall–Kier alpha value is -4.35. The van der Waals surface area contributed by atoms with Crippen LogP contribution >= 0.6 is 0 Å². The molecular formula is C24H27N7O5. The number of hydrogen-bond donors (Lipinski definition) is 2. The molecule has 3 aromatic rings. The highest BCUT2D eigenvalue weighted by molar-refractivity contribution is 6.02. The Morgan fingerprint density at radius 2 is 1.92 bits per heavy atom. The summed E-state index contributed by atoms with van der Waals surface area (Å²) < 4.78 is 12.3. The van der Waals surface area contributed by atoms with Gasteiger partial charge in [-0.2, -0.15) is 5.10 Å². The van der Waals surface area contributed by atoms with Crippen LogP contribution in [0.3, 0.4) is 0 Å². The molecule has 188 valence electrons. The van der Waals surface area contributed by atoms with E-state index in [-0.39, 0.29) is 17.7 Å². The summed E-state index contributed by atoms with van der Waals surface area (Å²) in [5, 5.41) is 9.52. The molecule has 2 N–H and O–H groups in total. The van der Waals surface area contributed by atoms with Crippen molar-refractivity contribution >= 4 is 41.2 Å². The Kier molecular flexibility index (Phi) is 5.65. The third kappa shape index (κ3) is 4.61. The van der Waals surface area contributed by atoms with Crippen LogP contribution < -0.4 is 15.5 Å². The summed E-state index contributed by atoms with van der Waals surface area (Å²) in [5.74, 6) is 0.577. The summed E-state index contributed by atoms with van der Waals surface area (Å²) >= 11 is 0. The molecule has 0 radical (unpaired) electrons. The van der Waals surface area contributed by atoms with E-state index in [9.17, 15) is 14.4 Å². The number of fused-ring (bicyclic) bond motifs is 2. The van der Waals surface area contributed by atoms with Gasteiger partial charge >= 0.3 is 12.1 Å². The van der Waals surface area contributed by atoms with Crippen molar-refractivity contribution in [3.05, 3.63) is 47.3 Å². The first-order valence-electron chi connectivity index (χ1n) is 11.6. The third-order valence-electron chi connectivity index (χ3n) is 5.84. The van der Waals surface area contributed by atoms with Crippen LogP contribution in [0.15, 0.2) is 34.9 Å². The van der Waals surface area contributed by atoms with Crippen LogP contribution in [0.1, 0.15) is 47.2 Å². The number of carbonyl (C=O) groups excluding carboxylic acids is 3. The van der Waals surface area contributed by atoms with Crippen molar-refractivity contribution in [2.24, 2.45) is 0 Å². The standard InChI is InChI=1S/C24H27N7O5/c1-24(2,3)36-23(34)27-22-25-13-17(35-22)20(32)26-18-12-19-30(9-10-31(19)28-18)15-5-6-16-14(11-15)7-8-29(4)21(16)33/h5-6,11-13H,7-10H2,1-4H3,(H,25,27,34)(H,26,28,32). The number of benzene rings is 1. The van der Waals surface area contributed by atoms with Gasteiger partial charge in [0.05, 0.1) is 12.7 Å². The molecule has 0 bridgehead atoms. The van der Waals surface area contributed by atoms with E-state index in [1.165, 1.54) is 6.20 Å². The number of anilines is 4. The minimum Gasteiger partial charge on any atom is -0.443 e. The first-order chi connectivity index (χ1) is 17.1. The predicted molar refractivity (Wildman–Crippen MR) is 131 cm³/mol. The molecule has 0 fully saturated rings. The lowest BCUT2D eigenvalue weighted by Crippen LogP contribution is -2.34. The number of likely N-dealkylation sites (N-methyl/N-ethyl adjacent to an activating group) is 1. The molecule has 0 atom stereocenters. The lowest BCUT2D eigenvalue weighted by atomic mass is 9.98. The molecule has 1 aromatic carbocycles. The molecule has 2 aliphatic heterocycles. The van der Waals surface area contributed by atoms with E-state index in [4.69, 9.17) is 9.15 Å². The van der Waals surface area contributed by atoms with Gasteiger partial charge in [0.25, 0.3) is 11.8 Å². The van der Waals surface area contributed by atoms with E-state index in [1.807, 2.05) is 23.9 Å². The van der Waals surface area contributed by atoms with E-state index in [2.05, 4.69) is 31.7 Å². The zero-order chi connectivity index (χ0) is 25.6. The number of aromatic nitrogens is 3. The lowest BCUT2D eigenvalue weighted by Gasteiger charge is -2.26. The Morgan fingerprint density at radius 1 is 1.11 bits per heavy atom. The monoisotopic (exact) mass is 493 g/mol. The number of nitrogens with zero attached hydrogens (tertiary/aromatic N) is 5. The minimum atomic E-state index is -0.736. The van der Waals surface area contributed by atoms with E-state index >= 15 is 0 Å². The van der Waals surface area contributed by atoms with Crippen molar-refractivity contribution in [1.29, 1.82) is 0 Å². The number of hydrogen-bond acceptors (Lipinski definition) is 8. The predicted octanol–water partition coefficient (Wildman–Crippen LogP) is 3.25. The highest BCUT2D eigenvalue weighted by Crippen LogP contribution is 2.34. The van der Waals surface area contributed by atoms with Crippen molar-refractivity contribution in [1.82, 2.24) is 19.7 Å². The number of carbonyl (C=O) groups is 3. The fourth-order valence-corrected chi connectivity index (χ4v) is 4.19. The van der Waals surface area contributed by atoms with Crippen LogP contribution in [0.25, 0.3) is 0 Å². The number of ether oxygens (including phenoxy) is 1. The van der Waals surface area contributed by atoms with Crippen molar-refractivity contribution in [3.8, 4) is 0 Å². The van der Waals surface area contributed by atoms with E-state index in [0.717, 1.165) is 35.6 Å². The van der Waals surface area contributed by atoms with E-state index in [1.54, 1.807) is 31.7 Å². The zero-order valence-electron chi connectivity index (χ0n) is 20.5. The number of amides is 3. The first kappa shape index (κ1) is 23.4. The maximum atomic E-state index is 12.7. The highest BCUT2D eigenvalue weighted by Gasteiger charge is 2.27. The van der Waals surface area contributed by atoms with Gasteiger partial charge in [-0.05, 0) is 51.0 Å². The Bertz CT molecular complexity index is 1350. The van der Waals surface area contributed by atoms with Gasteiger partial charge in [-0.1, -0.05) is 0 Å². The second-order valence-corrected chi connectivity index (χ2v) is 9.69. The molecule has 4 heterocycles. The Labute approximate surface area is 207 Å². The fourth-order valence-electron chi connectivity index (χ4n) is 4.19. The van der Waals surface area contributed by atoms with Gasteiger partial charge in [-0.15, -0.1) is 0 Å². The van der Waals surface area contributed by atoms with Gasteiger partial charge < -0.3 is 24.3 Å². The maximum Gasteiger partial charge on any atom is 0.415 e. The molecule has 12 heteroatoms. The SMILES string of the molecule is CN1CCc2cc(N3CCn4nc(NC(=O)c5cnc(NC(=O)OC(C)(C)C)o5)cc43)ccc2C1=O. The van der Waals surface area contributed by atoms with Crippen molar-refractivity contribution in [3.63, 3.8) is 0 Å². The molecule has 0 spiro atoms.